The van der Waals surface area contributed by atoms with Gasteiger partial charge in [0, 0.05) is 36.2 Å². The van der Waals surface area contributed by atoms with Gasteiger partial charge in [0.15, 0.2) is 0 Å². The molecule has 2 N–H and O–H groups in total. The molecule has 0 atom stereocenters. The van der Waals surface area contributed by atoms with Gasteiger partial charge in [0.25, 0.3) is 0 Å². The first-order valence-electron chi connectivity index (χ1n) is 11.6. The molecule has 0 bridgehead atoms. The largest absolute Gasteiger partial charge is 0.437 e. The van der Waals surface area contributed by atoms with Crippen molar-refractivity contribution in [3.8, 4) is 11.6 Å². The summed E-state index contributed by atoms with van der Waals surface area (Å²) in [5.74, 6) is 1.07. The number of anilines is 3. The normalized spacial score (nSPS) is 14.0. The number of urea groups is 1. The predicted molar refractivity (Wildman–Crippen MR) is 135 cm³/mol. The van der Waals surface area contributed by atoms with Crippen LogP contribution in [-0.4, -0.2) is 24.1 Å². The van der Waals surface area contributed by atoms with Gasteiger partial charge >= 0.3 is 6.03 Å². The van der Waals surface area contributed by atoms with Gasteiger partial charge in [-0.15, -0.1) is 0 Å². The van der Waals surface area contributed by atoms with E-state index >= 15 is 0 Å². The lowest BCUT2D eigenvalue weighted by molar-refractivity contribution is 0.262. The van der Waals surface area contributed by atoms with Gasteiger partial charge in [0.2, 0.25) is 5.88 Å². The summed E-state index contributed by atoms with van der Waals surface area (Å²) in [6.07, 6.45) is 5.42. The molecular formula is C27H32N4O2. The Morgan fingerprint density at radius 3 is 2.36 bits per heavy atom. The SMILES string of the molecule is CC(C)(C)c1ccccc1Oc1ncccc1NC(=O)Nc1ccc(N2CCCCC2)cc1. The van der Waals surface area contributed by atoms with Crippen LogP contribution in [0.3, 0.4) is 0 Å². The quantitative estimate of drug-likeness (QED) is 0.454. The number of rotatable bonds is 5. The molecule has 1 fully saturated rings. The highest BCUT2D eigenvalue weighted by molar-refractivity contribution is 6.00. The molecule has 3 aromatic rings. The van der Waals surface area contributed by atoms with E-state index in [-0.39, 0.29) is 11.4 Å². The highest BCUT2D eigenvalue weighted by atomic mass is 16.5. The first-order chi connectivity index (χ1) is 15.9. The average Bonchev–Trinajstić information content (AvgIpc) is 2.81. The standard InChI is InChI=1S/C27H32N4O2/c1-27(2,3)22-10-5-6-12-24(22)33-25-23(11-9-17-28-25)30-26(32)29-20-13-15-21(16-14-20)31-18-7-4-8-19-31/h5-6,9-17H,4,7-8,18-19H2,1-3H3,(H2,29,30,32). The lowest BCUT2D eigenvalue weighted by atomic mass is 9.86. The highest BCUT2D eigenvalue weighted by Gasteiger charge is 2.20. The van der Waals surface area contributed by atoms with Crippen molar-refractivity contribution < 1.29 is 9.53 Å². The molecule has 0 aliphatic carbocycles. The van der Waals surface area contributed by atoms with Gasteiger partial charge in [-0.1, -0.05) is 39.0 Å². The molecule has 2 heterocycles. The molecule has 6 nitrogen and oxygen atoms in total. The van der Waals surface area contributed by atoms with E-state index in [4.69, 9.17) is 4.74 Å². The molecule has 1 saturated heterocycles. The Morgan fingerprint density at radius 2 is 1.64 bits per heavy atom. The van der Waals surface area contributed by atoms with Crippen LogP contribution in [0.5, 0.6) is 11.6 Å². The topological polar surface area (TPSA) is 66.5 Å². The van der Waals surface area contributed by atoms with E-state index in [1.807, 2.05) is 36.4 Å². The van der Waals surface area contributed by atoms with Crippen LogP contribution in [-0.2, 0) is 5.41 Å². The Hall–Kier alpha value is -3.54. The third kappa shape index (κ3) is 5.83. The van der Waals surface area contributed by atoms with Crippen molar-refractivity contribution in [2.24, 2.45) is 0 Å². The molecule has 172 valence electrons. The minimum absolute atomic E-state index is 0.0866. The van der Waals surface area contributed by atoms with Gasteiger partial charge in [-0.05, 0) is 67.1 Å². The Labute approximate surface area is 196 Å². The van der Waals surface area contributed by atoms with E-state index in [1.165, 1.54) is 24.9 Å². The molecule has 1 aliphatic rings. The molecule has 2 amide bonds. The van der Waals surface area contributed by atoms with Crippen LogP contribution in [0.1, 0.15) is 45.6 Å². The predicted octanol–water partition coefficient (Wildman–Crippen LogP) is 6.81. The average molecular weight is 445 g/mol. The molecule has 33 heavy (non-hydrogen) atoms. The fourth-order valence-electron chi connectivity index (χ4n) is 4.04. The van der Waals surface area contributed by atoms with Gasteiger partial charge in [-0.3, -0.25) is 0 Å². The Balaban J connectivity index is 1.43. The zero-order valence-electron chi connectivity index (χ0n) is 19.6. The number of para-hydroxylation sites is 1. The number of hydrogen-bond donors (Lipinski definition) is 2. The molecule has 0 saturated carbocycles. The molecule has 2 aromatic carbocycles. The fraction of sp³-hybridized carbons (Fsp3) is 0.333. The van der Waals surface area contributed by atoms with Crippen molar-refractivity contribution in [1.82, 2.24) is 4.98 Å². The van der Waals surface area contributed by atoms with Crippen LogP contribution in [0.2, 0.25) is 0 Å². The number of nitrogens with zero attached hydrogens (tertiary/aromatic N) is 2. The second kappa shape index (κ2) is 9.94. The van der Waals surface area contributed by atoms with Gasteiger partial charge in [-0.25, -0.2) is 9.78 Å². The van der Waals surface area contributed by atoms with Crippen molar-refractivity contribution in [2.75, 3.05) is 28.6 Å². The first kappa shape index (κ1) is 22.6. The molecule has 6 heteroatoms. The molecule has 0 radical (unpaired) electrons. The second-order valence-electron chi connectivity index (χ2n) is 9.38. The van der Waals surface area contributed by atoms with E-state index in [0.717, 1.165) is 30.1 Å². The van der Waals surface area contributed by atoms with Crippen LogP contribution in [0.4, 0.5) is 21.9 Å². The summed E-state index contributed by atoms with van der Waals surface area (Å²) in [6.45, 7) is 8.59. The number of amides is 2. The summed E-state index contributed by atoms with van der Waals surface area (Å²) < 4.78 is 6.14. The molecule has 4 rings (SSSR count). The van der Waals surface area contributed by atoms with Crippen molar-refractivity contribution in [3.63, 3.8) is 0 Å². The molecular weight excluding hydrogens is 412 g/mol. The monoisotopic (exact) mass is 444 g/mol. The van der Waals surface area contributed by atoms with Crippen LogP contribution in [0.15, 0.2) is 66.9 Å². The number of benzene rings is 2. The molecule has 0 unspecified atom stereocenters. The van der Waals surface area contributed by atoms with Crippen LogP contribution < -0.4 is 20.3 Å². The Morgan fingerprint density at radius 1 is 0.909 bits per heavy atom. The number of piperidine rings is 1. The summed E-state index contributed by atoms with van der Waals surface area (Å²) >= 11 is 0. The first-order valence-corrected chi connectivity index (χ1v) is 11.6. The number of ether oxygens (including phenoxy) is 1. The fourth-order valence-corrected chi connectivity index (χ4v) is 4.04. The summed E-state index contributed by atoms with van der Waals surface area (Å²) in [7, 11) is 0. The minimum atomic E-state index is -0.345. The second-order valence-corrected chi connectivity index (χ2v) is 9.38. The number of carbonyl (C=O) groups excluding carboxylic acids is 1. The van der Waals surface area contributed by atoms with Crippen molar-refractivity contribution >= 4 is 23.1 Å². The summed E-state index contributed by atoms with van der Waals surface area (Å²) in [5.41, 5.74) is 3.42. The smallest absolute Gasteiger partial charge is 0.323 e. The zero-order chi connectivity index (χ0) is 23.3. The third-order valence-electron chi connectivity index (χ3n) is 5.77. The van der Waals surface area contributed by atoms with Crippen molar-refractivity contribution in [3.05, 3.63) is 72.4 Å². The van der Waals surface area contributed by atoms with E-state index < -0.39 is 0 Å². The summed E-state index contributed by atoms with van der Waals surface area (Å²) in [6, 6.07) is 19.1. The van der Waals surface area contributed by atoms with Crippen LogP contribution in [0, 0.1) is 0 Å². The lowest BCUT2D eigenvalue weighted by Gasteiger charge is -2.28. The van der Waals surface area contributed by atoms with Gasteiger partial charge < -0.3 is 20.3 Å². The van der Waals surface area contributed by atoms with E-state index in [9.17, 15) is 4.79 Å². The maximum Gasteiger partial charge on any atom is 0.323 e. The lowest BCUT2D eigenvalue weighted by Crippen LogP contribution is -2.29. The number of carbonyl (C=O) groups is 1. The third-order valence-corrected chi connectivity index (χ3v) is 5.77. The number of nitrogens with one attached hydrogen (secondary N) is 2. The Bertz CT molecular complexity index is 1080. The summed E-state index contributed by atoms with van der Waals surface area (Å²) in [5, 5.41) is 5.76. The highest BCUT2D eigenvalue weighted by Crippen LogP contribution is 2.35. The number of hydrogen-bond acceptors (Lipinski definition) is 4. The summed E-state index contributed by atoms with van der Waals surface area (Å²) in [4.78, 5) is 19.4. The van der Waals surface area contributed by atoms with Crippen molar-refractivity contribution in [1.29, 1.82) is 0 Å². The molecule has 1 aromatic heterocycles. The number of pyridine rings is 1. The zero-order valence-corrected chi connectivity index (χ0v) is 19.6. The maximum absolute atomic E-state index is 12.7. The maximum atomic E-state index is 12.7. The van der Waals surface area contributed by atoms with Gasteiger partial charge in [0.05, 0.1) is 0 Å². The van der Waals surface area contributed by atoms with E-state index in [0.29, 0.717) is 11.6 Å². The minimum Gasteiger partial charge on any atom is -0.437 e. The molecule has 1 aliphatic heterocycles. The van der Waals surface area contributed by atoms with Crippen LogP contribution >= 0.6 is 0 Å². The van der Waals surface area contributed by atoms with Gasteiger partial charge in [-0.2, -0.15) is 0 Å². The van der Waals surface area contributed by atoms with Crippen LogP contribution in [0.25, 0.3) is 0 Å². The van der Waals surface area contributed by atoms with E-state index in [2.05, 4.69) is 53.4 Å². The molecule has 0 spiro atoms. The Kier molecular flexibility index (Phi) is 6.82. The van der Waals surface area contributed by atoms with Gasteiger partial charge in [0.1, 0.15) is 11.4 Å². The van der Waals surface area contributed by atoms with Crippen molar-refractivity contribution in [2.45, 2.75) is 45.4 Å². The number of aromatic nitrogens is 1. The van der Waals surface area contributed by atoms with E-state index in [1.54, 1.807) is 18.3 Å².